The molecule has 134 valence electrons. The van der Waals surface area contributed by atoms with Gasteiger partial charge in [-0.15, -0.1) is 0 Å². The number of nitrogens with one attached hydrogen (secondary N) is 1. The molecule has 4 aromatic rings. The summed E-state index contributed by atoms with van der Waals surface area (Å²) in [4.78, 5) is 17.6. The molecule has 0 unspecified atom stereocenters. The average Bonchev–Trinajstić information content (AvgIpc) is 3.20. The van der Waals surface area contributed by atoms with E-state index in [0.717, 1.165) is 35.2 Å². The van der Waals surface area contributed by atoms with Crippen molar-refractivity contribution in [2.75, 3.05) is 0 Å². The molecule has 3 heterocycles. The SMILES string of the molecule is O=C(NC1CC1)c1cc(-c2ccccc2)nc2c1cnn2Cc1ccco1. The number of rotatable bonds is 5. The number of hydrogen-bond acceptors (Lipinski definition) is 4. The predicted octanol–water partition coefficient (Wildman–Crippen LogP) is 3.63. The van der Waals surface area contributed by atoms with Crippen molar-refractivity contribution >= 4 is 16.9 Å². The first-order valence-corrected chi connectivity index (χ1v) is 9.03. The number of furan rings is 1. The molecule has 27 heavy (non-hydrogen) atoms. The minimum absolute atomic E-state index is 0.0698. The van der Waals surface area contributed by atoms with Crippen LogP contribution in [0.15, 0.2) is 65.4 Å². The number of carbonyl (C=O) groups is 1. The van der Waals surface area contributed by atoms with Crippen LogP contribution in [0.4, 0.5) is 0 Å². The third-order valence-corrected chi connectivity index (χ3v) is 4.72. The largest absolute Gasteiger partial charge is 0.467 e. The number of pyridine rings is 1. The van der Waals surface area contributed by atoms with Crippen molar-refractivity contribution in [3.05, 3.63) is 72.3 Å². The summed E-state index contributed by atoms with van der Waals surface area (Å²) < 4.78 is 7.21. The summed E-state index contributed by atoms with van der Waals surface area (Å²) in [5.41, 5.74) is 3.00. The third kappa shape index (κ3) is 3.10. The van der Waals surface area contributed by atoms with E-state index in [9.17, 15) is 4.79 Å². The number of aromatic nitrogens is 3. The zero-order valence-electron chi connectivity index (χ0n) is 14.6. The van der Waals surface area contributed by atoms with Crippen molar-refractivity contribution in [3.63, 3.8) is 0 Å². The van der Waals surface area contributed by atoms with Crippen molar-refractivity contribution < 1.29 is 9.21 Å². The Morgan fingerprint density at radius 1 is 1.19 bits per heavy atom. The van der Waals surface area contributed by atoms with Crippen molar-refractivity contribution in [1.29, 1.82) is 0 Å². The number of fused-ring (bicyclic) bond motifs is 1. The predicted molar refractivity (Wildman–Crippen MR) is 101 cm³/mol. The van der Waals surface area contributed by atoms with Crippen LogP contribution < -0.4 is 5.32 Å². The molecule has 3 aromatic heterocycles. The second-order valence-corrected chi connectivity index (χ2v) is 6.79. The molecule has 1 aromatic carbocycles. The average molecular weight is 358 g/mol. The molecular formula is C21H18N4O2. The highest BCUT2D eigenvalue weighted by atomic mass is 16.3. The fourth-order valence-corrected chi connectivity index (χ4v) is 3.15. The Balaban J connectivity index is 1.64. The molecule has 5 rings (SSSR count). The molecule has 1 fully saturated rings. The Morgan fingerprint density at radius 3 is 2.78 bits per heavy atom. The van der Waals surface area contributed by atoms with Gasteiger partial charge in [0.2, 0.25) is 0 Å². The van der Waals surface area contributed by atoms with E-state index >= 15 is 0 Å². The smallest absolute Gasteiger partial charge is 0.252 e. The summed E-state index contributed by atoms with van der Waals surface area (Å²) in [6.07, 6.45) is 5.44. The van der Waals surface area contributed by atoms with Crippen LogP contribution in [0.1, 0.15) is 29.0 Å². The molecule has 1 N–H and O–H groups in total. The van der Waals surface area contributed by atoms with Crippen LogP contribution in [0.3, 0.4) is 0 Å². The van der Waals surface area contributed by atoms with Crippen LogP contribution in [0.5, 0.6) is 0 Å². The lowest BCUT2D eigenvalue weighted by Crippen LogP contribution is -2.25. The van der Waals surface area contributed by atoms with Gasteiger partial charge in [0.25, 0.3) is 5.91 Å². The van der Waals surface area contributed by atoms with Crippen LogP contribution in [0.25, 0.3) is 22.3 Å². The molecule has 0 spiro atoms. The summed E-state index contributed by atoms with van der Waals surface area (Å²) in [5.74, 6) is 0.718. The minimum Gasteiger partial charge on any atom is -0.467 e. The van der Waals surface area contributed by atoms with E-state index in [-0.39, 0.29) is 5.91 Å². The lowest BCUT2D eigenvalue weighted by Gasteiger charge is -2.09. The maximum atomic E-state index is 12.8. The Labute approximate surface area is 155 Å². The standard InChI is InChI=1S/C21H18N4O2/c26-21(23-15-8-9-15)17-11-19(14-5-2-1-3-6-14)24-20-18(17)12-22-25(20)13-16-7-4-10-27-16/h1-7,10-12,15H,8-9,13H2,(H,23,26). The molecule has 1 saturated carbocycles. The second-order valence-electron chi connectivity index (χ2n) is 6.79. The molecule has 1 amide bonds. The van der Waals surface area contributed by atoms with Gasteiger partial charge in [-0.1, -0.05) is 30.3 Å². The molecule has 0 bridgehead atoms. The summed E-state index contributed by atoms with van der Waals surface area (Å²) in [5, 5.41) is 8.28. The van der Waals surface area contributed by atoms with Gasteiger partial charge in [-0.05, 0) is 31.0 Å². The Morgan fingerprint density at radius 2 is 2.04 bits per heavy atom. The van der Waals surface area contributed by atoms with Gasteiger partial charge in [0, 0.05) is 11.6 Å². The molecule has 0 atom stereocenters. The van der Waals surface area contributed by atoms with Gasteiger partial charge in [0.05, 0.1) is 29.1 Å². The molecule has 6 heteroatoms. The van der Waals surface area contributed by atoms with Gasteiger partial charge in [-0.2, -0.15) is 5.10 Å². The number of carbonyl (C=O) groups excluding carboxylic acids is 1. The molecular weight excluding hydrogens is 340 g/mol. The zero-order valence-corrected chi connectivity index (χ0v) is 14.6. The van der Waals surface area contributed by atoms with E-state index in [2.05, 4.69) is 10.4 Å². The number of nitrogens with zero attached hydrogens (tertiary/aromatic N) is 3. The van der Waals surface area contributed by atoms with Gasteiger partial charge >= 0.3 is 0 Å². The third-order valence-electron chi connectivity index (χ3n) is 4.72. The molecule has 1 aliphatic carbocycles. The zero-order chi connectivity index (χ0) is 18.2. The second kappa shape index (κ2) is 6.39. The fraction of sp³-hybridized carbons (Fsp3) is 0.190. The van der Waals surface area contributed by atoms with Crippen LogP contribution in [-0.4, -0.2) is 26.7 Å². The fourth-order valence-electron chi connectivity index (χ4n) is 3.15. The van der Waals surface area contributed by atoms with Crippen molar-refractivity contribution in [1.82, 2.24) is 20.1 Å². The van der Waals surface area contributed by atoms with E-state index in [4.69, 9.17) is 9.40 Å². The molecule has 6 nitrogen and oxygen atoms in total. The van der Waals surface area contributed by atoms with Gasteiger partial charge < -0.3 is 9.73 Å². The van der Waals surface area contributed by atoms with Crippen molar-refractivity contribution in [3.8, 4) is 11.3 Å². The maximum Gasteiger partial charge on any atom is 0.252 e. The first-order valence-electron chi connectivity index (χ1n) is 9.03. The normalized spacial score (nSPS) is 13.8. The first-order chi connectivity index (χ1) is 13.3. The van der Waals surface area contributed by atoms with Crippen molar-refractivity contribution in [2.45, 2.75) is 25.4 Å². The highest BCUT2D eigenvalue weighted by Crippen LogP contribution is 2.27. The molecule has 1 aliphatic rings. The van der Waals surface area contributed by atoms with Crippen LogP contribution in [-0.2, 0) is 6.54 Å². The lowest BCUT2D eigenvalue weighted by molar-refractivity contribution is 0.0952. The molecule has 0 saturated heterocycles. The maximum absolute atomic E-state index is 12.8. The quantitative estimate of drug-likeness (QED) is 0.591. The number of benzene rings is 1. The summed E-state index contributed by atoms with van der Waals surface area (Å²) in [6, 6.07) is 15.8. The van der Waals surface area contributed by atoms with Crippen LogP contribution in [0, 0.1) is 0 Å². The number of amides is 1. The lowest BCUT2D eigenvalue weighted by atomic mass is 10.1. The van der Waals surface area contributed by atoms with Crippen LogP contribution in [0.2, 0.25) is 0 Å². The summed E-state index contributed by atoms with van der Waals surface area (Å²) in [6.45, 7) is 0.464. The topological polar surface area (TPSA) is 73.0 Å². The highest BCUT2D eigenvalue weighted by molar-refractivity contribution is 6.06. The van der Waals surface area contributed by atoms with Gasteiger partial charge in [0.1, 0.15) is 12.3 Å². The Kier molecular flexibility index (Phi) is 3.74. The van der Waals surface area contributed by atoms with E-state index < -0.39 is 0 Å². The van der Waals surface area contributed by atoms with E-state index in [0.29, 0.717) is 23.8 Å². The monoisotopic (exact) mass is 358 g/mol. The summed E-state index contributed by atoms with van der Waals surface area (Å²) in [7, 11) is 0. The van der Waals surface area contributed by atoms with Gasteiger partial charge in [-0.25, -0.2) is 9.67 Å². The van der Waals surface area contributed by atoms with Crippen LogP contribution >= 0.6 is 0 Å². The van der Waals surface area contributed by atoms with Crippen molar-refractivity contribution in [2.24, 2.45) is 0 Å². The highest BCUT2D eigenvalue weighted by Gasteiger charge is 2.26. The minimum atomic E-state index is -0.0698. The Bertz CT molecular complexity index is 1100. The van der Waals surface area contributed by atoms with Gasteiger partial charge in [0.15, 0.2) is 5.65 Å². The van der Waals surface area contributed by atoms with E-state index in [1.165, 1.54) is 0 Å². The first kappa shape index (κ1) is 15.8. The van der Waals surface area contributed by atoms with Gasteiger partial charge in [-0.3, -0.25) is 4.79 Å². The number of hydrogen-bond donors (Lipinski definition) is 1. The molecule has 0 radical (unpaired) electrons. The Hall–Kier alpha value is -3.41. The summed E-state index contributed by atoms with van der Waals surface area (Å²) >= 11 is 0. The van der Waals surface area contributed by atoms with E-state index in [1.807, 2.05) is 48.5 Å². The molecule has 0 aliphatic heterocycles. The van der Waals surface area contributed by atoms with E-state index in [1.54, 1.807) is 17.1 Å².